The van der Waals surface area contributed by atoms with Crippen molar-refractivity contribution in [2.45, 2.75) is 52.6 Å². The molecule has 0 saturated heterocycles. The Hall–Kier alpha value is -0.930. The fraction of sp³-hybridized carbons (Fsp3) is 0.562. The molecule has 3 heteroatoms. The molecule has 1 rings (SSSR count). The number of unbranched alkanes of at least 4 members (excludes halogenated alkanes) is 1. The SMILES string of the molecule is CCCCN(Cc1ccc(C(N)=S)cc1)C(C)CC. The first-order valence-electron chi connectivity index (χ1n) is 7.21. The zero-order chi connectivity index (χ0) is 14.3. The van der Waals surface area contributed by atoms with Crippen LogP contribution in [0.4, 0.5) is 0 Å². The highest BCUT2D eigenvalue weighted by Gasteiger charge is 2.12. The first kappa shape index (κ1) is 16.1. The Morgan fingerprint density at radius 1 is 1.26 bits per heavy atom. The maximum Gasteiger partial charge on any atom is 0.103 e. The Morgan fingerprint density at radius 3 is 2.37 bits per heavy atom. The maximum absolute atomic E-state index is 5.62. The van der Waals surface area contributed by atoms with Gasteiger partial charge in [-0.15, -0.1) is 0 Å². The third-order valence-corrected chi connectivity index (χ3v) is 3.87. The normalized spacial score (nSPS) is 12.6. The van der Waals surface area contributed by atoms with E-state index >= 15 is 0 Å². The molecule has 1 aromatic carbocycles. The van der Waals surface area contributed by atoms with Crippen molar-refractivity contribution >= 4 is 17.2 Å². The number of hydrogen-bond acceptors (Lipinski definition) is 2. The number of rotatable bonds is 8. The van der Waals surface area contributed by atoms with Crippen LogP contribution in [0.25, 0.3) is 0 Å². The van der Waals surface area contributed by atoms with Crippen molar-refractivity contribution < 1.29 is 0 Å². The van der Waals surface area contributed by atoms with Gasteiger partial charge in [0, 0.05) is 18.2 Å². The molecule has 0 aliphatic rings. The molecular formula is C16H26N2S. The Labute approximate surface area is 123 Å². The number of nitrogens with zero attached hydrogens (tertiary/aromatic N) is 1. The fourth-order valence-electron chi connectivity index (χ4n) is 2.08. The van der Waals surface area contributed by atoms with Gasteiger partial charge < -0.3 is 5.73 Å². The average Bonchev–Trinajstić information content (AvgIpc) is 2.43. The van der Waals surface area contributed by atoms with Gasteiger partial charge in [0.2, 0.25) is 0 Å². The van der Waals surface area contributed by atoms with Gasteiger partial charge in [-0.2, -0.15) is 0 Å². The van der Waals surface area contributed by atoms with Gasteiger partial charge >= 0.3 is 0 Å². The van der Waals surface area contributed by atoms with Crippen LogP contribution in [0.5, 0.6) is 0 Å². The van der Waals surface area contributed by atoms with E-state index in [1.165, 1.54) is 31.4 Å². The summed E-state index contributed by atoms with van der Waals surface area (Å²) in [6.07, 6.45) is 3.69. The summed E-state index contributed by atoms with van der Waals surface area (Å²) >= 11 is 4.98. The minimum atomic E-state index is 0.469. The molecule has 0 fully saturated rings. The number of nitrogens with two attached hydrogens (primary N) is 1. The van der Waals surface area contributed by atoms with Crippen molar-refractivity contribution in [2.75, 3.05) is 6.54 Å². The Kier molecular flexibility index (Phi) is 7.03. The van der Waals surface area contributed by atoms with Crippen molar-refractivity contribution in [2.24, 2.45) is 5.73 Å². The zero-order valence-corrected chi connectivity index (χ0v) is 13.2. The van der Waals surface area contributed by atoms with E-state index in [4.69, 9.17) is 18.0 Å². The minimum Gasteiger partial charge on any atom is -0.389 e. The molecule has 0 aliphatic carbocycles. The first-order valence-corrected chi connectivity index (χ1v) is 7.62. The Morgan fingerprint density at radius 2 is 1.89 bits per heavy atom. The molecule has 2 nitrogen and oxygen atoms in total. The van der Waals surface area contributed by atoms with Gasteiger partial charge in [-0.05, 0) is 31.9 Å². The lowest BCUT2D eigenvalue weighted by atomic mass is 10.1. The molecule has 0 aromatic heterocycles. The second-order valence-electron chi connectivity index (χ2n) is 5.14. The molecule has 0 bridgehead atoms. The molecule has 106 valence electrons. The number of benzene rings is 1. The molecule has 0 aliphatic heterocycles. The summed E-state index contributed by atoms with van der Waals surface area (Å²) in [5.41, 5.74) is 7.90. The lowest BCUT2D eigenvalue weighted by molar-refractivity contribution is 0.192. The van der Waals surface area contributed by atoms with E-state index in [2.05, 4.69) is 37.8 Å². The zero-order valence-electron chi connectivity index (χ0n) is 12.4. The van der Waals surface area contributed by atoms with Gasteiger partial charge in [-0.1, -0.05) is 56.8 Å². The van der Waals surface area contributed by atoms with Gasteiger partial charge in [0.25, 0.3) is 0 Å². The van der Waals surface area contributed by atoms with Crippen LogP contribution in [0.1, 0.15) is 51.2 Å². The average molecular weight is 278 g/mol. The second-order valence-corrected chi connectivity index (χ2v) is 5.58. The van der Waals surface area contributed by atoms with E-state index < -0.39 is 0 Å². The summed E-state index contributed by atoms with van der Waals surface area (Å²) in [6, 6.07) is 8.94. The predicted molar refractivity (Wildman–Crippen MR) is 87.4 cm³/mol. The molecule has 1 atom stereocenters. The highest BCUT2D eigenvalue weighted by molar-refractivity contribution is 7.80. The number of hydrogen-bond donors (Lipinski definition) is 1. The maximum atomic E-state index is 5.62. The van der Waals surface area contributed by atoms with Gasteiger partial charge in [0.1, 0.15) is 4.99 Å². The Bertz CT molecular complexity index is 386. The summed E-state index contributed by atoms with van der Waals surface area (Å²) in [5.74, 6) is 0. The van der Waals surface area contributed by atoms with Crippen molar-refractivity contribution in [1.82, 2.24) is 4.90 Å². The summed E-state index contributed by atoms with van der Waals surface area (Å²) in [6.45, 7) is 8.97. The van der Waals surface area contributed by atoms with Crippen molar-refractivity contribution in [3.8, 4) is 0 Å². The van der Waals surface area contributed by atoms with Crippen LogP contribution >= 0.6 is 12.2 Å². The molecule has 0 spiro atoms. The highest BCUT2D eigenvalue weighted by atomic mass is 32.1. The van der Waals surface area contributed by atoms with Crippen LogP contribution < -0.4 is 5.73 Å². The van der Waals surface area contributed by atoms with Crippen molar-refractivity contribution in [1.29, 1.82) is 0 Å². The summed E-state index contributed by atoms with van der Waals surface area (Å²) in [7, 11) is 0. The lowest BCUT2D eigenvalue weighted by Gasteiger charge is -2.28. The summed E-state index contributed by atoms with van der Waals surface area (Å²) < 4.78 is 0. The number of thiocarbonyl (C=S) groups is 1. The Balaban J connectivity index is 2.69. The van der Waals surface area contributed by atoms with Crippen LogP contribution in [0.3, 0.4) is 0 Å². The van der Waals surface area contributed by atoms with Gasteiger partial charge in [-0.3, -0.25) is 4.90 Å². The molecule has 1 aromatic rings. The second kappa shape index (κ2) is 8.28. The van der Waals surface area contributed by atoms with Crippen LogP contribution in [0.2, 0.25) is 0 Å². The molecule has 0 saturated carbocycles. The molecule has 0 heterocycles. The third-order valence-electron chi connectivity index (χ3n) is 3.64. The largest absolute Gasteiger partial charge is 0.389 e. The minimum absolute atomic E-state index is 0.469. The van der Waals surface area contributed by atoms with Gasteiger partial charge in [0.15, 0.2) is 0 Å². The van der Waals surface area contributed by atoms with Crippen molar-refractivity contribution in [3.63, 3.8) is 0 Å². The quantitative estimate of drug-likeness (QED) is 0.735. The first-order chi connectivity index (χ1) is 9.08. The predicted octanol–water partition coefficient (Wildman–Crippen LogP) is 3.72. The molecular weight excluding hydrogens is 252 g/mol. The van der Waals surface area contributed by atoms with E-state index in [1.54, 1.807) is 0 Å². The monoisotopic (exact) mass is 278 g/mol. The summed E-state index contributed by atoms with van der Waals surface area (Å²) in [4.78, 5) is 3.02. The van der Waals surface area contributed by atoms with Gasteiger partial charge in [-0.25, -0.2) is 0 Å². The highest BCUT2D eigenvalue weighted by Crippen LogP contribution is 2.13. The van der Waals surface area contributed by atoms with E-state index in [0.717, 1.165) is 12.1 Å². The van der Waals surface area contributed by atoms with Crippen LogP contribution in [0, 0.1) is 0 Å². The van der Waals surface area contributed by atoms with Crippen LogP contribution in [0.15, 0.2) is 24.3 Å². The molecule has 1 unspecified atom stereocenters. The molecule has 0 radical (unpaired) electrons. The topological polar surface area (TPSA) is 29.3 Å². The molecule has 0 amide bonds. The third kappa shape index (κ3) is 5.29. The summed E-state index contributed by atoms with van der Waals surface area (Å²) in [5, 5.41) is 0. The van der Waals surface area contributed by atoms with E-state index in [0.29, 0.717) is 11.0 Å². The molecule has 2 N–H and O–H groups in total. The standard InChI is InChI=1S/C16H26N2S/c1-4-6-11-18(13(3)5-2)12-14-7-9-15(10-8-14)16(17)19/h7-10,13H,4-6,11-12H2,1-3H3,(H2,17,19). The van der Waals surface area contributed by atoms with E-state index in [9.17, 15) is 0 Å². The molecule has 19 heavy (non-hydrogen) atoms. The fourth-order valence-corrected chi connectivity index (χ4v) is 2.22. The van der Waals surface area contributed by atoms with E-state index in [1.807, 2.05) is 12.1 Å². The van der Waals surface area contributed by atoms with Gasteiger partial charge in [0.05, 0.1) is 0 Å². The lowest BCUT2D eigenvalue weighted by Crippen LogP contribution is -2.33. The van der Waals surface area contributed by atoms with Crippen LogP contribution in [-0.4, -0.2) is 22.5 Å². The van der Waals surface area contributed by atoms with Crippen LogP contribution in [-0.2, 0) is 6.54 Å². The van der Waals surface area contributed by atoms with E-state index in [-0.39, 0.29) is 0 Å². The smallest absolute Gasteiger partial charge is 0.103 e. The van der Waals surface area contributed by atoms with Crippen molar-refractivity contribution in [3.05, 3.63) is 35.4 Å².